The first-order valence-corrected chi connectivity index (χ1v) is 7.02. The normalized spacial score (nSPS) is 18.3. The predicted molar refractivity (Wildman–Crippen MR) is 58.6 cm³/mol. The van der Waals surface area contributed by atoms with Gasteiger partial charge in [-0.2, -0.15) is 4.36 Å². The van der Waals surface area contributed by atoms with E-state index in [0.29, 0.717) is 11.5 Å². The van der Waals surface area contributed by atoms with E-state index in [-0.39, 0.29) is 10.2 Å². The molecule has 1 aliphatic heterocycles. The average Bonchev–Trinajstić information content (AvgIpc) is 2.11. The quantitative estimate of drug-likeness (QED) is 0.732. The van der Waals surface area contributed by atoms with E-state index >= 15 is 0 Å². The van der Waals surface area contributed by atoms with Crippen LogP contribution < -0.4 is 0 Å². The van der Waals surface area contributed by atoms with Crippen LogP contribution in [0.25, 0.3) is 0 Å². The van der Waals surface area contributed by atoms with Crippen molar-refractivity contribution in [3.05, 3.63) is 28.2 Å². The van der Waals surface area contributed by atoms with E-state index in [1.807, 2.05) is 0 Å². The standard InChI is InChI=1S/C9H8BrF2NOS/c10-9-7(11)4-6(5-8(9)12)13-15(14)2-1-3-15/h4-5H,1-3H2. The molecule has 1 aliphatic rings. The Labute approximate surface area is 95.0 Å². The fourth-order valence-electron chi connectivity index (χ4n) is 1.27. The highest BCUT2D eigenvalue weighted by Crippen LogP contribution is 2.27. The lowest BCUT2D eigenvalue weighted by atomic mass is 10.3. The van der Waals surface area contributed by atoms with Crippen molar-refractivity contribution < 1.29 is 13.0 Å². The molecule has 0 bridgehead atoms. The zero-order chi connectivity index (χ0) is 11.1. The highest BCUT2D eigenvalue weighted by Gasteiger charge is 2.19. The molecular weight excluding hydrogens is 288 g/mol. The van der Waals surface area contributed by atoms with Crippen molar-refractivity contribution in [2.24, 2.45) is 4.36 Å². The van der Waals surface area contributed by atoms with Crippen LogP contribution in [0.1, 0.15) is 6.42 Å². The summed E-state index contributed by atoms with van der Waals surface area (Å²) in [7, 11) is -2.21. The van der Waals surface area contributed by atoms with Gasteiger partial charge in [-0.3, -0.25) is 0 Å². The second-order valence-corrected chi connectivity index (χ2v) is 6.69. The fraction of sp³-hybridized carbons (Fsp3) is 0.333. The minimum atomic E-state index is -2.21. The lowest BCUT2D eigenvalue weighted by Crippen LogP contribution is -2.22. The van der Waals surface area contributed by atoms with E-state index in [9.17, 15) is 13.0 Å². The van der Waals surface area contributed by atoms with Gasteiger partial charge in [0.2, 0.25) is 0 Å². The van der Waals surface area contributed by atoms with Crippen molar-refractivity contribution in [2.45, 2.75) is 6.42 Å². The van der Waals surface area contributed by atoms with Crippen LogP contribution in [0.5, 0.6) is 0 Å². The van der Waals surface area contributed by atoms with E-state index in [1.165, 1.54) is 0 Å². The molecule has 0 unspecified atom stereocenters. The Hall–Kier alpha value is -0.490. The summed E-state index contributed by atoms with van der Waals surface area (Å²) >= 11 is 2.76. The van der Waals surface area contributed by atoms with Gasteiger partial charge in [0.05, 0.1) is 19.9 Å². The van der Waals surface area contributed by atoms with Crippen LogP contribution in [0.2, 0.25) is 0 Å². The van der Waals surface area contributed by atoms with Crippen LogP contribution in [0, 0.1) is 11.6 Å². The third-order valence-electron chi connectivity index (χ3n) is 2.17. The molecule has 0 aromatic heterocycles. The Balaban J connectivity index is 2.47. The summed E-state index contributed by atoms with van der Waals surface area (Å²) in [6, 6.07) is 2.16. The van der Waals surface area contributed by atoms with Crippen LogP contribution in [0.4, 0.5) is 14.5 Å². The molecule has 1 aromatic rings. The molecule has 0 spiro atoms. The van der Waals surface area contributed by atoms with Gasteiger partial charge in [0, 0.05) is 23.6 Å². The van der Waals surface area contributed by atoms with Crippen LogP contribution in [-0.4, -0.2) is 15.7 Å². The van der Waals surface area contributed by atoms with Gasteiger partial charge in [0.1, 0.15) is 11.6 Å². The van der Waals surface area contributed by atoms with Gasteiger partial charge in [-0.1, -0.05) is 0 Å². The van der Waals surface area contributed by atoms with Crippen molar-refractivity contribution >= 4 is 31.3 Å². The van der Waals surface area contributed by atoms with Gasteiger partial charge in [0.25, 0.3) is 0 Å². The van der Waals surface area contributed by atoms with Crippen LogP contribution in [0.3, 0.4) is 0 Å². The van der Waals surface area contributed by atoms with E-state index in [2.05, 4.69) is 20.3 Å². The summed E-state index contributed by atoms with van der Waals surface area (Å²) in [5, 5.41) is 0. The Bertz CT molecular complexity index is 490. The van der Waals surface area contributed by atoms with E-state index in [4.69, 9.17) is 0 Å². The highest BCUT2D eigenvalue weighted by molar-refractivity contribution is 9.10. The third-order valence-corrected chi connectivity index (χ3v) is 5.32. The number of nitrogens with zero attached hydrogens (tertiary/aromatic N) is 1. The topological polar surface area (TPSA) is 29.4 Å². The van der Waals surface area contributed by atoms with Gasteiger partial charge >= 0.3 is 0 Å². The molecule has 82 valence electrons. The Morgan fingerprint density at radius 3 is 2.20 bits per heavy atom. The number of hydrogen-bond donors (Lipinski definition) is 0. The number of rotatable bonds is 1. The van der Waals surface area contributed by atoms with Crippen LogP contribution in [-0.2, 0) is 9.73 Å². The van der Waals surface area contributed by atoms with Crippen molar-refractivity contribution in [3.8, 4) is 0 Å². The minimum Gasteiger partial charge on any atom is -0.249 e. The molecule has 1 saturated heterocycles. The molecule has 2 rings (SSSR count). The van der Waals surface area contributed by atoms with E-state index < -0.39 is 21.4 Å². The molecule has 0 atom stereocenters. The molecule has 15 heavy (non-hydrogen) atoms. The second-order valence-electron chi connectivity index (χ2n) is 3.35. The number of hydrogen-bond acceptors (Lipinski definition) is 2. The summed E-state index contributed by atoms with van der Waals surface area (Å²) in [6.07, 6.45) is 0.865. The average molecular weight is 296 g/mol. The molecule has 1 aromatic carbocycles. The van der Waals surface area contributed by atoms with Gasteiger partial charge in [-0.25, -0.2) is 13.0 Å². The van der Waals surface area contributed by atoms with Crippen molar-refractivity contribution in [1.29, 1.82) is 0 Å². The zero-order valence-corrected chi connectivity index (χ0v) is 10.1. The summed E-state index contributed by atoms with van der Waals surface area (Å²) in [4.78, 5) is 0. The summed E-state index contributed by atoms with van der Waals surface area (Å²) in [5.41, 5.74) is 0.109. The Morgan fingerprint density at radius 2 is 1.80 bits per heavy atom. The third kappa shape index (κ3) is 2.20. The van der Waals surface area contributed by atoms with Gasteiger partial charge in [0.15, 0.2) is 0 Å². The molecule has 0 N–H and O–H groups in total. The number of halogens is 3. The van der Waals surface area contributed by atoms with Crippen LogP contribution >= 0.6 is 15.9 Å². The highest BCUT2D eigenvalue weighted by atomic mass is 79.9. The molecule has 0 amide bonds. The lowest BCUT2D eigenvalue weighted by Gasteiger charge is -2.17. The van der Waals surface area contributed by atoms with Crippen molar-refractivity contribution in [2.75, 3.05) is 11.5 Å². The number of benzene rings is 1. The monoisotopic (exact) mass is 295 g/mol. The molecule has 2 nitrogen and oxygen atoms in total. The molecule has 6 heteroatoms. The SMILES string of the molecule is O=S1(=Nc2cc(F)c(Br)c(F)c2)CCC1. The second kappa shape index (κ2) is 3.83. The fourth-order valence-corrected chi connectivity index (χ4v) is 2.95. The van der Waals surface area contributed by atoms with E-state index in [0.717, 1.165) is 18.6 Å². The van der Waals surface area contributed by atoms with Crippen LogP contribution in [0.15, 0.2) is 21.0 Å². The predicted octanol–water partition coefficient (Wildman–Crippen LogP) is 3.23. The smallest absolute Gasteiger partial charge is 0.142 e. The summed E-state index contributed by atoms with van der Waals surface area (Å²) in [5.74, 6) is -0.411. The maximum absolute atomic E-state index is 13.1. The summed E-state index contributed by atoms with van der Waals surface area (Å²) < 4.78 is 41.6. The molecular formula is C9H8BrF2NOS. The maximum Gasteiger partial charge on any atom is 0.142 e. The van der Waals surface area contributed by atoms with Gasteiger partial charge in [-0.05, 0) is 22.4 Å². The van der Waals surface area contributed by atoms with Gasteiger partial charge in [-0.15, -0.1) is 0 Å². The molecule has 0 aliphatic carbocycles. The molecule has 0 saturated carbocycles. The largest absolute Gasteiger partial charge is 0.249 e. The first-order valence-electron chi connectivity index (χ1n) is 4.37. The Morgan fingerprint density at radius 1 is 1.27 bits per heavy atom. The molecule has 1 heterocycles. The first kappa shape index (κ1) is 11.0. The molecule has 1 fully saturated rings. The van der Waals surface area contributed by atoms with Gasteiger partial charge < -0.3 is 0 Å². The van der Waals surface area contributed by atoms with Crippen molar-refractivity contribution in [3.63, 3.8) is 0 Å². The lowest BCUT2D eigenvalue weighted by molar-refractivity contribution is 0.572. The zero-order valence-electron chi connectivity index (χ0n) is 7.67. The maximum atomic E-state index is 13.1. The van der Waals surface area contributed by atoms with E-state index in [1.54, 1.807) is 0 Å². The minimum absolute atomic E-state index is 0.109. The summed E-state index contributed by atoms with van der Waals surface area (Å²) in [6.45, 7) is 0. The first-order chi connectivity index (χ1) is 7.00. The van der Waals surface area contributed by atoms with Crippen molar-refractivity contribution in [1.82, 2.24) is 0 Å². The Kier molecular flexibility index (Phi) is 2.81. The molecule has 0 radical (unpaired) electrons.